The lowest BCUT2D eigenvalue weighted by atomic mass is 10.2. The van der Waals surface area contributed by atoms with Crippen molar-refractivity contribution >= 4 is 21.9 Å². The van der Waals surface area contributed by atoms with Gasteiger partial charge in [-0.3, -0.25) is 0 Å². The highest BCUT2D eigenvalue weighted by Crippen LogP contribution is 2.17. The SMILES string of the molecule is CC(C)(C)OC(=O)c1cc(C(N)Br)ccn1. The second-order valence-corrected chi connectivity index (χ2v) is 5.36. The molecule has 1 aromatic rings. The van der Waals surface area contributed by atoms with Gasteiger partial charge in [-0.15, -0.1) is 0 Å². The number of esters is 1. The maximum Gasteiger partial charge on any atom is 0.357 e. The van der Waals surface area contributed by atoms with E-state index in [1.165, 1.54) is 6.20 Å². The Morgan fingerprint density at radius 1 is 1.56 bits per heavy atom. The van der Waals surface area contributed by atoms with E-state index in [0.29, 0.717) is 0 Å². The normalized spacial score (nSPS) is 13.3. The topological polar surface area (TPSA) is 65.2 Å². The lowest BCUT2D eigenvalue weighted by Gasteiger charge is -2.19. The molecule has 0 amide bonds. The van der Waals surface area contributed by atoms with Gasteiger partial charge in [-0.1, -0.05) is 15.9 Å². The molecule has 0 fully saturated rings. The molecular formula is C11H15BrN2O2. The van der Waals surface area contributed by atoms with Crippen LogP contribution < -0.4 is 5.73 Å². The van der Waals surface area contributed by atoms with Crippen LogP contribution in [0.1, 0.15) is 41.8 Å². The molecule has 0 aliphatic heterocycles. The van der Waals surface area contributed by atoms with Crippen LogP contribution in [0.2, 0.25) is 0 Å². The Labute approximate surface area is 103 Å². The summed E-state index contributed by atoms with van der Waals surface area (Å²) in [4.78, 5) is 15.3. The summed E-state index contributed by atoms with van der Waals surface area (Å²) in [5, 5.41) is 0. The van der Waals surface area contributed by atoms with Crippen molar-refractivity contribution in [2.45, 2.75) is 31.3 Å². The zero-order chi connectivity index (χ0) is 12.3. The summed E-state index contributed by atoms with van der Waals surface area (Å²) in [6.45, 7) is 5.43. The van der Waals surface area contributed by atoms with Gasteiger partial charge in [0.15, 0.2) is 0 Å². The number of nitrogens with zero attached hydrogens (tertiary/aromatic N) is 1. The number of carbonyl (C=O) groups is 1. The summed E-state index contributed by atoms with van der Waals surface area (Å²) in [6.07, 6.45) is 1.54. The van der Waals surface area contributed by atoms with Crippen molar-refractivity contribution in [2.24, 2.45) is 5.73 Å². The Hall–Kier alpha value is -0.940. The molecule has 0 saturated heterocycles. The second-order valence-electron chi connectivity index (χ2n) is 4.38. The molecule has 88 valence electrons. The number of pyridine rings is 1. The standard InChI is InChI=1S/C11H15BrN2O2/c1-11(2,3)16-10(15)8-6-7(9(12)13)4-5-14-8/h4-6,9H,13H2,1-3H3. The Kier molecular flexibility index (Phi) is 4.04. The molecule has 2 N–H and O–H groups in total. The lowest BCUT2D eigenvalue weighted by Crippen LogP contribution is -2.24. The molecule has 0 aliphatic carbocycles. The molecule has 1 unspecified atom stereocenters. The van der Waals surface area contributed by atoms with Crippen LogP contribution in [-0.2, 0) is 4.74 Å². The van der Waals surface area contributed by atoms with E-state index in [1.807, 2.05) is 20.8 Å². The molecule has 0 saturated carbocycles. The number of nitrogens with two attached hydrogens (primary N) is 1. The third-order valence-corrected chi connectivity index (χ3v) is 2.24. The van der Waals surface area contributed by atoms with E-state index in [9.17, 15) is 4.79 Å². The van der Waals surface area contributed by atoms with Crippen LogP contribution in [0.4, 0.5) is 0 Å². The Morgan fingerprint density at radius 3 is 2.69 bits per heavy atom. The molecule has 1 rings (SSSR count). The summed E-state index contributed by atoms with van der Waals surface area (Å²) in [6, 6.07) is 3.36. The molecule has 0 aromatic carbocycles. The predicted molar refractivity (Wildman–Crippen MR) is 65.3 cm³/mol. The maximum atomic E-state index is 11.7. The van der Waals surface area contributed by atoms with Crippen LogP contribution in [0.25, 0.3) is 0 Å². The van der Waals surface area contributed by atoms with E-state index in [1.54, 1.807) is 12.1 Å². The average molecular weight is 287 g/mol. The van der Waals surface area contributed by atoms with E-state index in [0.717, 1.165) is 5.56 Å². The van der Waals surface area contributed by atoms with Gasteiger partial charge in [-0.25, -0.2) is 9.78 Å². The van der Waals surface area contributed by atoms with Crippen molar-refractivity contribution < 1.29 is 9.53 Å². The number of alkyl halides is 1. The molecular weight excluding hydrogens is 272 g/mol. The minimum absolute atomic E-state index is 0.266. The molecule has 1 aromatic heterocycles. The van der Waals surface area contributed by atoms with Crippen LogP contribution >= 0.6 is 15.9 Å². The number of rotatable bonds is 2. The van der Waals surface area contributed by atoms with E-state index >= 15 is 0 Å². The third kappa shape index (κ3) is 3.90. The first-order chi connectivity index (χ1) is 7.29. The van der Waals surface area contributed by atoms with E-state index in [4.69, 9.17) is 10.5 Å². The van der Waals surface area contributed by atoms with Crippen molar-refractivity contribution in [3.63, 3.8) is 0 Å². The number of aromatic nitrogens is 1. The zero-order valence-electron chi connectivity index (χ0n) is 9.53. The summed E-state index contributed by atoms with van der Waals surface area (Å²) < 4.78 is 5.20. The number of carbonyl (C=O) groups excluding carboxylic acids is 1. The van der Waals surface area contributed by atoms with Crippen LogP contribution in [0.3, 0.4) is 0 Å². The van der Waals surface area contributed by atoms with Gasteiger partial charge in [0, 0.05) is 6.20 Å². The highest BCUT2D eigenvalue weighted by atomic mass is 79.9. The van der Waals surface area contributed by atoms with Gasteiger partial charge in [0.25, 0.3) is 0 Å². The molecule has 5 heteroatoms. The molecule has 0 aliphatic rings. The number of halogens is 1. The van der Waals surface area contributed by atoms with Gasteiger partial charge in [-0.05, 0) is 38.5 Å². The minimum atomic E-state index is -0.523. The van der Waals surface area contributed by atoms with E-state index < -0.39 is 11.6 Å². The van der Waals surface area contributed by atoms with Gasteiger partial charge in [-0.2, -0.15) is 0 Å². The average Bonchev–Trinajstić information content (AvgIpc) is 2.15. The minimum Gasteiger partial charge on any atom is -0.455 e. The number of hydrogen-bond donors (Lipinski definition) is 1. The van der Waals surface area contributed by atoms with Crippen molar-refractivity contribution in [1.82, 2.24) is 4.98 Å². The van der Waals surface area contributed by atoms with Crippen LogP contribution in [-0.4, -0.2) is 16.6 Å². The number of ether oxygens (including phenoxy) is 1. The summed E-state index contributed by atoms with van der Waals surface area (Å²) >= 11 is 3.23. The van der Waals surface area contributed by atoms with Gasteiger partial charge in [0.05, 0.1) is 4.95 Å². The fraction of sp³-hybridized carbons (Fsp3) is 0.455. The maximum absolute atomic E-state index is 11.7. The summed E-state index contributed by atoms with van der Waals surface area (Å²) in [5.74, 6) is -0.442. The molecule has 1 atom stereocenters. The molecule has 4 nitrogen and oxygen atoms in total. The van der Waals surface area contributed by atoms with Crippen molar-refractivity contribution in [1.29, 1.82) is 0 Å². The fourth-order valence-corrected chi connectivity index (χ4v) is 1.35. The zero-order valence-corrected chi connectivity index (χ0v) is 11.1. The van der Waals surface area contributed by atoms with Gasteiger partial charge in [0.1, 0.15) is 11.3 Å². The van der Waals surface area contributed by atoms with Gasteiger partial charge < -0.3 is 10.5 Å². The molecule has 0 spiro atoms. The van der Waals surface area contributed by atoms with Gasteiger partial charge >= 0.3 is 5.97 Å². The summed E-state index contributed by atoms with van der Waals surface area (Å²) in [7, 11) is 0. The fourth-order valence-electron chi connectivity index (χ4n) is 1.06. The third-order valence-electron chi connectivity index (χ3n) is 1.71. The van der Waals surface area contributed by atoms with Crippen LogP contribution in [0, 0.1) is 0 Å². The van der Waals surface area contributed by atoms with E-state index in [2.05, 4.69) is 20.9 Å². The summed E-state index contributed by atoms with van der Waals surface area (Å²) in [5.41, 5.74) is 6.18. The Morgan fingerprint density at radius 2 is 2.19 bits per heavy atom. The second kappa shape index (κ2) is 4.93. The van der Waals surface area contributed by atoms with Crippen molar-refractivity contribution in [3.8, 4) is 0 Å². The smallest absolute Gasteiger partial charge is 0.357 e. The van der Waals surface area contributed by atoms with Crippen LogP contribution in [0.5, 0.6) is 0 Å². The molecule has 0 bridgehead atoms. The molecule has 1 heterocycles. The lowest BCUT2D eigenvalue weighted by molar-refractivity contribution is 0.00627. The highest BCUT2D eigenvalue weighted by molar-refractivity contribution is 9.09. The van der Waals surface area contributed by atoms with E-state index in [-0.39, 0.29) is 10.6 Å². The van der Waals surface area contributed by atoms with Crippen molar-refractivity contribution in [3.05, 3.63) is 29.6 Å². The van der Waals surface area contributed by atoms with Gasteiger partial charge in [0.2, 0.25) is 0 Å². The largest absolute Gasteiger partial charge is 0.455 e. The first-order valence-electron chi connectivity index (χ1n) is 4.88. The monoisotopic (exact) mass is 286 g/mol. The van der Waals surface area contributed by atoms with Crippen molar-refractivity contribution in [2.75, 3.05) is 0 Å². The molecule has 0 radical (unpaired) electrons. The Bertz CT molecular complexity index is 386. The molecule has 16 heavy (non-hydrogen) atoms. The Balaban J connectivity index is 2.88. The highest BCUT2D eigenvalue weighted by Gasteiger charge is 2.19. The predicted octanol–water partition coefficient (Wildman–Crippen LogP) is 2.39. The first-order valence-corrected chi connectivity index (χ1v) is 5.80. The van der Waals surface area contributed by atoms with Crippen LogP contribution in [0.15, 0.2) is 18.3 Å². The quantitative estimate of drug-likeness (QED) is 0.515. The number of hydrogen-bond acceptors (Lipinski definition) is 4. The first kappa shape index (κ1) is 13.1.